The van der Waals surface area contributed by atoms with Gasteiger partial charge in [-0.15, -0.1) is 11.3 Å². The molecule has 2 aliphatic heterocycles. The zero-order chi connectivity index (χ0) is 19.1. The number of benzene rings is 1. The molecule has 0 bridgehead atoms. The van der Waals surface area contributed by atoms with Crippen LogP contribution in [0.1, 0.15) is 49.5 Å². The maximum atomic E-state index is 13.1. The molecule has 3 fully saturated rings. The molecule has 2 saturated heterocycles. The summed E-state index contributed by atoms with van der Waals surface area (Å²) < 4.78 is 1.25. The van der Waals surface area contributed by atoms with Gasteiger partial charge in [0.25, 0.3) is 0 Å². The Morgan fingerprint density at radius 2 is 1.64 bits per heavy atom. The van der Waals surface area contributed by atoms with E-state index in [1.165, 1.54) is 9.71 Å². The number of thiazole rings is 1. The van der Waals surface area contributed by atoms with Crippen LogP contribution in [0.3, 0.4) is 0 Å². The van der Waals surface area contributed by atoms with Gasteiger partial charge in [0.15, 0.2) is 0 Å². The van der Waals surface area contributed by atoms with E-state index in [0.29, 0.717) is 12.5 Å². The lowest BCUT2D eigenvalue weighted by Crippen LogP contribution is -2.48. The number of para-hydroxylation sites is 1. The molecule has 2 amide bonds. The highest BCUT2D eigenvalue weighted by Crippen LogP contribution is 2.35. The minimum absolute atomic E-state index is 0.00421. The van der Waals surface area contributed by atoms with Crippen molar-refractivity contribution in [2.45, 2.75) is 44.4 Å². The summed E-state index contributed by atoms with van der Waals surface area (Å²) >= 11 is 1.79. The molecule has 1 aromatic carbocycles. The molecule has 5 nitrogen and oxygen atoms in total. The van der Waals surface area contributed by atoms with Gasteiger partial charge >= 0.3 is 0 Å². The molecule has 1 aliphatic carbocycles. The highest BCUT2D eigenvalue weighted by Gasteiger charge is 2.38. The van der Waals surface area contributed by atoms with Crippen LogP contribution >= 0.6 is 11.3 Å². The highest BCUT2D eigenvalue weighted by atomic mass is 32.1. The van der Waals surface area contributed by atoms with Crippen molar-refractivity contribution in [3.05, 3.63) is 29.3 Å². The van der Waals surface area contributed by atoms with Crippen LogP contribution in [0.2, 0.25) is 0 Å². The summed E-state index contributed by atoms with van der Waals surface area (Å²) in [6, 6.07) is 8.31. The van der Waals surface area contributed by atoms with Crippen molar-refractivity contribution < 1.29 is 9.59 Å². The predicted octanol–water partition coefficient (Wildman–Crippen LogP) is 3.65. The Bertz CT molecular complexity index is 850. The first-order valence-electron chi connectivity index (χ1n) is 10.6. The Morgan fingerprint density at radius 3 is 2.39 bits per heavy atom. The van der Waals surface area contributed by atoms with E-state index in [1.54, 1.807) is 11.3 Å². The Hall–Kier alpha value is -1.95. The van der Waals surface area contributed by atoms with E-state index >= 15 is 0 Å². The van der Waals surface area contributed by atoms with Crippen LogP contribution in [0.15, 0.2) is 24.3 Å². The molecule has 6 heteroatoms. The topological polar surface area (TPSA) is 53.5 Å². The van der Waals surface area contributed by atoms with Gasteiger partial charge < -0.3 is 9.80 Å². The molecular weight excluding hydrogens is 370 g/mol. The summed E-state index contributed by atoms with van der Waals surface area (Å²) in [7, 11) is 0. The van der Waals surface area contributed by atoms with Gasteiger partial charge in [-0.1, -0.05) is 12.1 Å². The zero-order valence-electron chi connectivity index (χ0n) is 16.2. The van der Waals surface area contributed by atoms with Gasteiger partial charge in [-0.2, -0.15) is 0 Å². The van der Waals surface area contributed by atoms with Gasteiger partial charge in [0.1, 0.15) is 0 Å². The number of rotatable bonds is 3. The Balaban J connectivity index is 1.19. The molecule has 1 aromatic heterocycles. The van der Waals surface area contributed by atoms with Gasteiger partial charge in [-0.25, -0.2) is 4.98 Å². The van der Waals surface area contributed by atoms with Gasteiger partial charge in [-0.05, 0) is 50.7 Å². The lowest BCUT2D eigenvalue weighted by Gasteiger charge is -2.37. The molecule has 148 valence electrons. The third-order valence-corrected chi connectivity index (χ3v) is 7.67. The zero-order valence-corrected chi connectivity index (χ0v) is 17.0. The molecule has 3 heterocycles. The van der Waals surface area contributed by atoms with Crippen LogP contribution in [0, 0.1) is 11.8 Å². The predicted molar refractivity (Wildman–Crippen MR) is 110 cm³/mol. The lowest BCUT2D eigenvalue weighted by molar-refractivity contribution is -0.142. The van der Waals surface area contributed by atoms with Gasteiger partial charge in [0.2, 0.25) is 11.8 Å². The van der Waals surface area contributed by atoms with Gasteiger partial charge in [-0.3, -0.25) is 9.59 Å². The molecular formula is C22H27N3O2S. The summed E-state index contributed by atoms with van der Waals surface area (Å²) in [5.74, 6) is 1.25. The van der Waals surface area contributed by atoms with Gasteiger partial charge in [0, 0.05) is 38.0 Å². The van der Waals surface area contributed by atoms with E-state index in [1.807, 2.05) is 15.9 Å². The fraction of sp³-hybridized carbons (Fsp3) is 0.591. The Morgan fingerprint density at radius 1 is 0.893 bits per heavy atom. The maximum absolute atomic E-state index is 13.1. The summed E-state index contributed by atoms with van der Waals surface area (Å²) in [5.41, 5.74) is 1.09. The normalized spacial score (nSPS) is 23.9. The van der Waals surface area contributed by atoms with Crippen molar-refractivity contribution in [1.82, 2.24) is 14.8 Å². The van der Waals surface area contributed by atoms with Crippen molar-refractivity contribution in [3.63, 3.8) is 0 Å². The number of fused-ring (bicyclic) bond motifs is 1. The fourth-order valence-electron chi connectivity index (χ4n) is 4.64. The molecule has 28 heavy (non-hydrogen) atoms. The fourth-order valence-corrected chi connectivity index (χ4v) is 5.77. The highest BCUT2D eigenvalue weighted by molar-refractivity contribution is 7.18. The molecule has 1 atom stereocenters. The second-order valence-electron chi connectivity index (χ2n) is 8.52. The number of piperidine rings is 2. The molecule has 1 saturated carbocycles. The molecule has 3 aliphatic rings. The first-order chi connectivity index (χ1) is 13.7. The van der Waals surface area contributed by atoms with Crippen molar-refractivity contribution in [2.75, 3.05) is 26.2 Å². The smallest absolute Gasteiger partial charge is 0.227 e. The Labute approximate surface area is 169 Å². The molecule has 0 N–H and O–H groups in total. The molecule has 5 rings (SSSR count). The number of amides is 2. The molecule has 0 radical (unpaired) electrons. The standard InChI is InChI=1S/C22H27N3O2S/c26-21(16-7-8-16)25-11-3-4-17(14-25)22(27)24-12-9-15(10-13-24)20-23-18-5-1-2-6-19(18)28-20/h1-2,5-6,15-17H,3-4,7-14H2. The average molecular weight is 398 g/mol. The van der Waals surface area contributed by atoms with Gasteiger partial charge in [0.05, 0.1) is 21.1 Å². The van der Waals surface area contributed by atoms with E-state index in [-0.39, 0.29) is 23.7 Å². The summed E-state index contributed by atoms with van der Waals surface area (Å²) in [6.45, 7) is 3.09. The Kier molecular flexibility index (Phi) is 4.83. The van der Waals surface area contributed by atoms with Crippen LogP contribution in [-0.2, 0) is 9.59 Å². The number of carbonyl (C=O) groups excluding carboxylic acids is 2. The van der Waals surface area contributed by atoms with Crippen molar-refractivity contribution in [3.8, 4) is 0 Å². The molecule has 1 unspecified atom stereocenters. The van der Waals surface area contributed by atoms with Crippen molar-refractivity contribution in [2.24, 2.45) is 11.8 Å². The maximum Gasteiger partial charge on any atom is 0.227 e. The SMILES string of the molecule is O=C(C1CCCN(C(=O)C2CC2)C1)N1CCC(c2nc3ccccc3s2)CC1. The van der Waals surface area contributed by atoms with E-state index < -0.39 is 0 Å². The third kappa shape index (κ3) is 3.54. The summed E-state index contributed by atoms with van der Waals surface area (Å²) in [6.07, 6.45) is 5.93. The minimum atomic E-state index is -0.00421. The van der Waals surface area contributed by atoms with Crippen molar-refractivity contribution in [1.29, 1.82) is 0 Å². The number of aromatic nitrogens is 1. The largest absolute Gasteiger partial charge is 0.342 e. The van der Waals surface area contributed by atoms with E-state index in [0.717, 1.165) is 63.7 Å². The van der Waals surface area contributed by atoms with E-state index in [4.69, 9.17) is 4.98 Å². The lowest BCUT2D eigenvalue weighted by atomic mass is 9.93. The minimum Gasteiger partial charge on any atom is -0.342 e. The first kappa shape index (κ1) is 18.1. The number of hydrogen-bond donors (Lipinski definition) is 0. The molecule has 0 spiro atoms. The van der Waals surface area contributed by atoms with Crippen LogP contribution in [0.5, 0.6) is 0 Å². The third-order valence-electron chi connectivity index (χ3n) is 6.48. The quantitative estimate of drug-likeness (QED) is 0.794. The van der Waals surface area contributed by atoms with Crippen LogP contribution in [-0.4, -0.2) is 52.8 Å². The van der Waals surface area contributed by atoms with Crippen LogP contribution in [0.25, 0.3) is 10.2 Å². The number of likely N-dealkylation sites (tertiary alicyclic amines) is 2. The van der Waals surface area contributed by atoms with Crippen molar-refractivity contribution >= 4 is 33.4 Å². The second kappa shape index (κ2) is 7.47. The number of nitrogens with zero attached hydrogens (tertiary/aromatic N) is 3. The summed E-state index contributed by atoms with van der Waals surface area (Å²) in [4.78, 5) is 34.3. The van der Waals surface area contributed by atoms with E-state index in [2.05, 4.69) is 18.2 Å². The van der Waals surface area contributed by atoms with E-state index in [9.17, 15) is 9.59 Å². The number of carbonyl (C=O) groups is 2. The average Bonchev–Trinajstić information content (AvgIpc) is 3.51. The second-order valence-corrected chi connectivity index (χ2v) is 9.58. The van der Waals surface area contributed by atoms with Crippen LogP contribution in [0.4, 0.5) is 0 Å². The first-order valence-corrected chi connectivity index (χ1v) is 11.4. The summed E-state index contributed by atoms with van der Waals surface area (Å²) in [5, 5.41) is 1.21. The molecule has 2 aromatic rings. The van der Waals surface area contributed by atoms with Crippen LogP contribution < -0.4 is 0 Å². The monoisotopic (exact) mass is 397 g/mol. The number of hydrogen-bond acceptors (Lipinski definition) is 4.